The first-order valence-corrected chi connectivity index (χ1v) is 6.76. The third-order valence-corrected chi connectivity index (χ3v) is 3.52. The van der Waals surface area contributed by atoms with Crippen LogP contribution in [0.4, 0.5) is 0 Å². The van der Waals surface area contributed by atoms with Crippen LogP contribution in [-0.2, 0) is 11.3 Å². The Morgan fingerprint density at radius 2 is 1.94 bits per heavy atom. The van der Waals surface area contributed by atoms with Crippen molar-refractivity contribution < 1.29 is 4.79 Å². The molecule has 97 valence electrons. The third-order valence-electron chi connectivity index (χ3n) is 3.27. The Labute approximate surface area is 113 Å². The summed E-state index contributed by atoms with van der Waals surface area (Å²) in [5.74, 6) is 0.643. The molecule has 18 heavy (non-hydrogen) atoms. The lowest BCUT2D eigenvalue weighted by Gasteiger charge is -2.20. The van der Waals surface area contributed by atoms with E-state index in [9.17, 15) is 4.79 Å². The number of halogens is 1. The molecule has 1 aliphatic rings. The van der Waals surface area contributed by atoms with Gasteiger partial charge in [0.25, 0.3) is 0 Å². The zero-order valence-electron chi connectivity index (χ0n) is 10.4. The number of nitrogens with zero attached hydrogens (tertiary/aromatic N) is 1. The Balaban J connectivity index is 1.72. The summed E-state index contributed by atoms with van der Waals surface area (Å²) >= 11 is 5.81. The smallest absolute Gasteiger partial charge is 0.220 e. The Hall–Kier alpha value is -1.06. The van der Waals surface area contributed by atoms with Gasteiger partial charge in [0.2, 0.25) is 5.91 Å². The number of rotatable bonds is 4. The minimum Gasteiger partial charge on any atom is -0.352 e. The van der Waals surface area contributed by atoms with Crippen molar-refractivity contribution in [3.05, 3.63) is 34.9 Å². The summed E-state index contributed by atoms with van der Waals surface area (Å²) in [4.78, 5) is 11.8. The Morgan fingerprint density at radius 3 is 2.61 bits per heavy atom. The number of carbonyl (C=O) groups is 1. The molecule has 0 bridgehead atoms. The quantitative estimate of drug-likeness (QED) is 0.892. The second-order valence-corrected chi connectivity index (χ2v) is 5.16. The van der Waals surface area contributed by atoms with Gasteiger partial charge in [0, 0.05) is 31.1 Å². The maximum Gasteiger partial charge on any atom is 0.220 e. The van der Waals surface area contributed by atoms with Crippen molar-refractivity contribution in [1.29, 1.82) is 0 Å². The summed E-state index contributed by atoms with van der Waals surface area (Å²) in [6, 6.07) is 7.54. The highest BCUT2D eigenvalue weighted by molar-refractivity contribution is 6.30. The van der Waals surface area contributed by atoms with Crippen LogP contribution in [0.1, 0.15) is 24.8 Å². The molecule has 1 aliphatic heterocycles. The molecule has 1 amide bonds. The van der Waals surface area contributed by atoms with Gasteiger partial charge in [-0.2, -0.15) is 0 Å². The maximum atomic E-state index is 11.8. The highest BCUT2D eigenvalue weighted by Crippen LogP contribution is 2.16. The Morgan fingerprint density at radius 1 is 1.28 bits per heavy atom. The summed E-state index contributed by atoms with van der Waals surface area (Å²) in [6.07, 6.45) is 2.73. The molecule has 1 radical (unpaired) electrons. The molecule has 1 heterocycles. The number of carbonyl (C=O) groups excluding carboxylic acids is 1. The average molecular weight is 266 g/mol. The summed E-state index contributed by atoms with van der Waals surface area (Å²) in [5.41, 5.74) is 1.08. The van der Waals surface area contributed by atoms with E-state index in [0.717, 1.165) is 36.5 Å². The van der Waals surface area contributed by atoms with Crippen LogP contribution in [0, 0.1) is 5.92 Å². The Kier molecular flexibility index (Phi) is 5.02. The van der Waals surface area contributed by atoms with Gasteiger partial charge in [0.05, 0.1) is 0 Å². The molecule has 0 atom stereocenters. The van der Waals surface area contributed by atoms with E-state index in [1.165, 1.54) is 0 Å². The van der Waals surface area contributed by atoms with E-state index in [1.54, 1.807) is 0 Å². The first-order chi connectivity index (χ1) is 8.74. The van der Waals surface area contributed by atoms with Crippen molar-refractivity contribution in [1.82, 2.24) is 10.6 Å². The van der Waals surface area contributed by atoms with Crippen LogP contribution < -0.4 is 10.6 Å². The molecule has 0 spiro atoms. The molecule has 0 aliphatic carbocycles. The van der Waals surface area contributed by atoms with Crippen molar-refractivity contribution in [3.63, 3.8) is 0 Å². The minimum atomic E-state index is 0.136. The van der Waals surface area contributed by atoms with Gasteiger partial charge in [0.15, 0.2) is 0 Å². The van der Waals surface area contributed by atoms with Gasteiger partial charge in [-0.1, -0.05) is 23.7 Å². The fourth-order valence-corrected chi connectivity index (χ4v) is 2.27. The SMILES string of the molecule is O=C(CC1CC[N]CC1)NCc1ccc(Cl)cc1. The van der Waals surface area contributed by atoms with Gasteiger partial charge < -0.3 is 5.32 Å². The van der Waals surface area contributed by atoms with E-state index in [4.69, 9.17) is 11.6 Å². The van der Waals surface area contributed by atoms with Gasteiger partial charge in [-0.05, 0) is 36.5 Å². The Bertz CT molecular complexity index is 385. The van der Waals surface area contributed by atoms with Crippen molar-refractivity contribution in [2.75, 3.05) is 13.1 Å². The predicted octanol–water partition coefficient (Wildman–Crippen LogP) is 2.36. The lowest BCUT2D eigenvalue weighted by Crippen LogP contribution is -2.29. The van der Waals surface area contributed by atoms with Crippen LogP contribution in [0.3, 0.4) is 0 Å². The minimum absolute atomic E-state index is 0.136. The number of nitrogens with one attached hydrogen (secondary N) is 1. The zero-order valence-corrected chi connectivity index (χ0v) is 11.1. The molecular weight excluding hydrogens is 248 g/mol. The standard InChI is InChI=1S/C14H18ClN2O/c15-13-3-1-12(2-4-13)10-17-14(18)9-11-5-7-16-8-6-11/h1-4,11H,5-10H2,(H,17,18). The van der Waals surface area contributed by atoms with Crippen LogP contribution in [0.2, 0.25) is 5.02 Å². The highest BCUT2D eigenvalue weighted by Gasteiger charge is 2.16. The molecule has 3 nitrogen and oxygen atoms in total. The summed E-state index contributed by atoms with van der Waals surface area (Å²) < 4.78 is 0. The molecule has 0 unspecified atom stereocenters. The van der Waals surface area contributed by atoms with Crippen molar-refractivity contribution in [2.45, 2.75) is 25.8 Å². The van der Waals surface area contributed by atoms with E-state index < -0.39 is 0 Å². The molecule has 1 aromatic carbocycles. The van der Waals surface area contributed by atoms with Gasteiger partial charge in [-0.3, -0.25) is 4.79 Å². The lowest BCUT2D eigenvalue weighted by atomic mass is 9.94. The van der Waals surface area contributed by atoms with E-state index in [1.807, 2.05) is 24.3 Å². The molecule has 0 saturated carbocycles. The number of hydrogen-bond acceptors (Lipinski definition) is 1. The first kappa shape index (κ1) is 13.4. The topological polar surface area (TPSA) is 43.2 Å². The molecule has 1 aromatic rings. The zero-order chi connectivity index (χ0) is 12.8. The normalized spacial score (nSPS) is 16.5. The summed E-state index contributed by atoms with van der Waals surface area (Å²) in [5, 5.41) is 7.96. The first-order valence-electron chi connectivity index (χ1n) is 6.38. The monoisotopic (exact) mass is 265 g/mol. The van der Waals surface area contributed by atoms with E-state index in [0.29, 0.717) is 18.9 Å². The van der Waals surface area contributed by atoms with E-state index >= 15 is 0 Å². The lowest BCUT2D eigenvalue weighted by molar-refractivity contribution is -0.122. The number of amides is 1. The van der Waals surface area contributed by atoms with E-state index in [2.05, 4.69) is 10.6 Å². The molecule has 1 fully saturated rings. The van der Waals surface area contributed by atoms with Crippen LogP contribution >= 0.6 is 11.6 Å². The van der Waals surface area contributed by atoms with Crippen molar-refractivity contribution in [3.8, 4) is 0 Å². The second kappa shape index (κ2) is 6.76. The van der Waals surface area contributed by atoms with Crippen LogP contribution in [0.25, 0.3) is 0 Å². The van der Waals surface area contributed by atoms with Crippen molar-refractivity contribution in [2.24, 2.45) is 5.92 Å². The van der Waals surface area contributed by atoms with Gasteiger partial charge in [-0.25, -0.2) is 5.32 Å². The van der Waals surface area contributed by atoms with Crippen LogP contribution in [0.5, 0.6) is 0 Å². The second-order valence-electron chi connectivity index (χ2n) is 4.72. The molecule has 4 heteroatoms. The molecule has 2 rings (SSSR count). The number of piperidine rings is 1. The molecule has 0 aromatic heterocycles. The number of benzene rings is 1. The molecule has 1 N–H and O–H groups in total. The molecule has 1 saturated heterocycles. The fourth-order valence-electron chi connectivity index (χ4n) is 2.15. The predicted molar refractivity (Wildman–Crippen MR) is 72.5 cm³/mol. The van der Waals surface area contributed by atoms with Crippen LogP contribution in [-0.4, -0.2) is 19.0 Å². The third kappa shape index (κ3) is 4.31. The largest absolute Gasteiger partial charge is 0.352 e. The molecular formula is C14H18ClN2O. The average Bonchev–Trinajstić information content (AvgIpc) is 2.39. The van der Waals surface area contributed by atoms with Crippen molar-refractivity contribution >= 4 is 17.5 Å². The highest BCUT2D eigenvalue weighted by atomic mass is 35.5. The summed E-state index contributed by atoms with van der Waals surface area (Å²) in [6.45, 7) is 2.40. The van der Waals surface area contributed by atoms with Gasteiger partial charge >= 0.3 is 0 Å². The van der Waals surface area contributed by atoms with Gasteiger partial charge in [-0.15, -0.1) is 0 Å². The maximum absolute atomic E-state index is 11.8. The summed E-state index contributed by atoms with van der Waals surface area (Å²) in [7, 11) is 0. The fraction of sp³-hybridized carbons (Fsp3) is 0.500. The number of hydrogen-bond donors (Lipinski definition) is 1. The van der Waals surface area contributed by atoms with E-state index in [-0.39, 0.29) is 5.91 Å². The van der Waals surface area contributed by atoms with Gasteiger partial charge in [0.1, 0.15) is 0 Å². The van der Waals surface area contributed by atoms with Crippen LogP contribution in [0.15, 0.2) is 24.3 Å².